The first-order valence-corrected chi connectivity index (χ1v) is 8.45. The highest BCUT2D eigenvalue weighted by atomic mass is 16.5. The summed E-state index contributed by atoms with van der Waals surface area (Å²) in [5, 5.41) is 0. The standard InChI is InChI=1S/C20H28O2/c1-4-16(3)7-6-8-17(5-2)11-13-21-19-10-9-18-12-14-22-20(18)15-19/h7,9-11,15H,4-6,8,12-14H2,1-3H3/b16-7+,17-11+. The molecule has 0 radical (unpaired) electrons. The third-order valence-electron chi connectivity index (χ3n) is 4.26. The lowest BCUT2D eigenvalue weighted by molar-refractivity contribution is 0.343. The summed E-state index contributed by atoms with van der Waals surface area (Å²) in [7, 11) is 0. The zero-order valence-corrected chi connectivity index (χ0v) is 14.2. The molecule has 1 aromatic rings. The maximum atomic E-state index is 5.84. The molecular formula is C20H28O2. The predicted molar refractivity (Wildman–Crippen MR) is 92.8 cm³/mol. The van der Waals surface area contributed by atoms with Crippen LogP contribution in [0.5, 0.6) is 11.5 Å². The third kappa shape index (κ3) is 4.94. The summed E-state index contributed by atoms with van der Waals surface area (Å²) >= 11 is 0. The van der Waals surface area contributed by atoms with Crippen LogP contribution in [0.3, 0.4) is 0 Å². The highest BCUT2D eigenvalue weighted by molar-refractivity contribution is 5.42. The van der Waals surface area contributed by atoms with Crippen molar-refractivity contribution >= 4 is 0 Å². The van der Waals surface area contributed by atoms with E-state index in [-0.39, 0.29) is 0 Å². The van der Waals surface area contributed by atoms with Crippen molar-refractivity contribution in [1.82, 2.24) is 0 Å². The number of allylic oxidation sites excluding steroid dienone is 3. The van der Waals surface area contributed by atoms with E-state index in [4.69, 9.17) is 9.47 Å². The molecule has 0 N–H and O–H groups in total. The van der Waals surface area contributed by atoms with Gasteiger partial charge in [0.05, 0.1) is 6.61 Å². The molecular weight excluding hydrogens is 272 g/mol. The van der Waals surface area contributed by atoms with E-state index in [2.05, 4.69) is 39.0 Å². The average Bonchev–Trinajstić information content (AvgIpc) is 3.00. The third-order valence-corrected chi connectivity index (χ3v) is 4.26. The van der Waals surface area contributed by atoms with Crippen LogP contribution in [0.25, 0.3) is 0 Å². The van der Waals surface area contributed by atoms with Gasteiger partial charge in [0.2, 0.25) is 0 Å². The summed E-state index contributed by atoms with van der Waals surface area (Å²) in [5.41, 5.74) is 4.23. The summed E-state index contributed by atoms with van der Waals surface area (Å²) in [4.78, 5) is 0. The van der Waals surface area contributed by atoms with Crippen LogP contribution in [0, 0.1) is 0 Å². The van der Waals surface area contributed by atoms with Gasteiger partial charge in [-0.15, -0.1) is 0 Å². The molecule has 1 aliphatic heterocycles. The molecule has 0 aromatic heterocycles. The highest BCUT2D eigenvalue weighted by Crippen LogP contribution is 2.29. The van der Waals surface area contributed by atoms with Crippen LogP contribution in [-0.4, -0.2) is 13.2 Å². The zero-order valence-electron chi connectivity index (χ0n) is 14.2. The van der Waals surface area contributed by atoms with Crippen LogP contribution < -0.4 is 9.47 Å². The second kappa shape index (κ2) is 8.67. The van der Waals surface area contributed by atoms with Crippen molar-refractivity contribution < 1.29 is 9.47 Å². The molecule has 0 amide bonds. The van der Waals surface area contributed by atoms with Crippen LogP contribution >= 0.6 is 0 Å². The van der Waals surface area contributed by atoms with Gasteiger partial charge in [0.1, 0.15) is 18.1 Å². The van der Waals surface area contributed by atoms with E-state index >= 15 is 0 Å². The summed E-state index contributed by atoms with van der Waals surface area (Å²) in [6.07, 6.45) is 10.1. The van der Waals surface area contributed by atoms with Crippen LogP contribution in [0.1, 0.15) is 52.0 Å². The summed E-state index contributed by atoms with van der Waals surface area (Å²) in [6, 6.07) is 6.16. The number of hydrogen-bond donors (Lipinski definition) is 0. The van der Waals surface area contributed by atoms with Gasteiger partial charge in [-0.2, -0.15) is 0 Å². The Labute approximate surface area is 134 Å². The van der Waals surface area contributed by atoms with E-state index in [9.17, 15) is 0 Å². The lowest BCUT2D eigenvalue weighted by Crippen LogP contribution is -1.96. The second-order valence-electron chi connectivity index (χ2n) is 5.84. The fourth-order valence-corrected chi connectivity index (χ4v) is 2.56. The number of fused-ring (bicyclic) bond motifs is 1. The molecule has 0 bridgehead atoms. The topological polar surface area (TPSA) is 18.5 Å². The van der Waals surface area contributed by atoms with Gasteiger partial charge in [-0.25, -0.2) is 0 Å². The molecule has 1 heterocycles. The summed E-state index contributed by atoms with van der Waals surface area (Å²) in [6.45, 7) is 8.05. The van der Waals surface area contributed by atoms with Crippen molar-refractivity contribution in [2.24, 2.45) is 0 Å². The molecule has 22 heavy (non-hydrogen) atoms. The molecule has 0 saturated heterocycles. The molecule has 0 atom stereocenters. The number of hydrogen-bond acceptors (Lipinski definition) is 2. The number of rotatable bonds is 8. The van der Waals surface area contributed by atoms with Gasteiger partial charge in [-0.1, -0.05) is 37.1 Å². The minimum Gasteiger partial charge on any atom is -0.493 e. The fourth-order valence-electron chi connectivity index (χ4n) is 2.56. The fraction of sp³-hybridized carbons (Fsp3) is 0.500. The molecule has 0 unspecified atom stereocenters. The quantitative estimate of drug-likeness (QED) is 0.592. The molecule has 1 aliphatic rings. The first-order chi connectivity index (χ1) is 10.7. The van der Waals surface area contributed by atoms with Crippen molar-refractivity contribution in [2.45, 2.75) is 52.9 Å². The van der Waals surface area contributed by atoms with Crippen molar-refractivity contribution in [3.63, 3.8) is 0 Å². The Balaban J connectivity index is 1.82. The molecule has 120 valence electrons. The van der Waals surface area contributed by atoms with Crippen LogP contribution in [0.2, 0.25) is 0 Å². The van der Waals surface area contributed by atoms with Gasteiger partial charge < -0.3 is 9.47 Å². The molecule has 0 spiro atoms. The Hall–Kier alpha value is -1.70. The number of benzene rings is 1. The Morgan fingerprint density at radius 2 is 2.09 bits per heavy atom. The van der Waals surface area contributed by atoms with Gasteiger partial charge in [0.25, 0.3) is 0 Å². The maximum Gasteiger partial charge on any atom is 0.126 e. The Bertz CT molecular complexity index is 541. The SMILES string of the molecule is CC/C(C)=C/CC/C(=C/COc1ccc2c(c1)OCC2)CC. The van der Waals surface area contributed by atoms with Crippen molar-refractivity contribution in [3.05, 3.63) is 47.1 Å². The average molecular weight is 300 g/mol. The van der Waals surface area contributed by atoms with E-state index in [1.807, 2.05) is 12.1 Å². The lowest BCUT2D eigenvalue weighted by atomic mass is 10.1. The van der Waals surface area contributed by atoms with E-state index in [1.54, 1.807) is 0 Å². The zero-order chi connectivity index (χ0) is 15.8. The molecule has 0 aliphatic carbocycles. The first-order valence-electron chi connectivity index (χ1n) is 8.45. The van der Waals surface area contributed by atoms with Gasteiger partial charge in [-0.3, -0.25) is 0 Å². The van der Waals surface area contributed by atoms with E-state index in [0.29, 0.717) is 6.61 Å². The second-order valence-corrected chi connectivity index (χ2v) is 5.84. The normalized spacial score (nSPS) is 14.7. The van der Waals surface area contributed by atoms with E-state index in [1.165, 1.54) is 16.7 Å². The Kier molecular flexibility index (Phi) is 6.57. The summed E-state index contributed by atoms with van der Waals surface area (Å²) < 4.78 is 11.4. The van der Waals surface area contributed by atoms with Gasteiger partial charge in [-0.05, 0) is 50.3 Å². The smallest absolute Gasteiger partial charge is 0.126 e. The molecule has 2 rings (SSSR count). The van der Waals surface area contributed by atoms with Crippen molar-refractivity contribution in [2.75, 3.05) is 13.2 Å². The first kappa shape index (κ1) is 16.7. The van der Waals surface area contributed by atoms with Crippen molar-refractivity contribution in [1.29, 1.82) is 0 Å². The molecule has 0 saturated carbocycles. The summed E-state index contributed by atoms with van der Waals surface area (Å²) in [5.74, 6) is 1.88. The van der Waals surface area contributed by atoms with E-state index < -0.39 is 0 Å². The van der Waals surface area contributed by atoms with Gasteiger partial charge in [0.15, 0.2) is 0 Å². The largest absolute Gasteiger partial charge is 0.493 e. The van der Waals surface area contributed by atoms with Gasteiger partial charge >= 0.3 is 0 Å². The Morgan fingerprint density at radius 1 is 1.23 bits per heavy atom. The molecule has 0 fully saturated rings. The van der Waals surface area contributed by atoms with Gasteiger partial charge in [0, 0.05) is 12.5 Å². The monoisotopic (exact) mass is 300 g/mol. The molecule has 2 heteroatoms. The molecule has 1 aromatic carbocycles. The maximum absolute atomic E-state index is 5.84. The highest BCUT2D eigenvalue weighted by Gasteiger charge is 2.12. The van der Waals surface area contributed by atoms with Crippen LogP contribution in [0.4, 0.5) is 0 Å². The van der Waals surface area contributed by atoms with Crippen LogP contribution in [-0.2, 0) is 6.42 Å². The Morgan fingerprint density at radius 3 is 2.86 bits per heavy atom. The van der Waals surface area contributed by atoms with Crippen molar-refractivity contribution in [3.8, 4) is 11.5 Å². The minimum absolute atomic E-state index is 0.637. The lowest BCUT2D eigenvalue weighted by Gasteiger charge is -2.07. The number of ether oxygens (including phenoxy) is 2. The van der Waals surface area contributed by atoms with E-state index in [0.717, 1.165) is 50.2 Å². The van der Waals surface area contributed by atoms with Crippen LogP contribution in [0.15, 0.2) is 41.5 Å². The molecule has 2 nitrogen and oxygen atoms in total. The minimum atomic E-state index is 0.637. The predicted octanol–water partition coefficient (Wildman–Crippen LogP) is 5.47.